The number of nitriles is 1. The predicted octanol–water partition coefficient (Wildman–Crippen LogP) is 1.29. The highest BCUT2D eigenvalue weighted by Gasteiger charge is 2.16. The molecule has 0 aliphatic rings. The van der Waals surface area contributed by atoms with Gasteiger partial charge in [-0.3, -0.25) is 0 Å². The lowest BCUT2D eigenvalue weighted by Crippen LogP contribution is -2.33. The summed E-state index contributed by atoms with van der Waals surface area (Å²) in [7, 11) is 0. The summed E-state index contributed by atoms with van der Waals surface area (Å²) >= 11 is 0. The fraction of sp³-hybridized carbons (Fsp3) is 0.900. The van der Waals surface area contributed by atoms with Crippen molar-refractivity contribution in [2.24, 2.45) is 5.41 Å². The second-order valence-corrected chi connectivity index (χ2v) is 4.30. The monoisotopic (exact) mass is 184 g/mol. The largest absolute Gasteiger partial charge is 0.392 e. The van der Waals surface area contributed by atoms with Crippen LogP contribution in [0.25, 0.3) is 0 Å². The molecule has 0 heterocycles. The standard InChI is InChI=1S/C10H20N2O/c1-9(13)7-12-8-10(2,3)5-4-6-11/h9,12-13H,4-5,7-8H2,1-3H3/t9-/m1/s1. The van der Waals surface area contributed by atoms with Crippen molar-refractivity contribution in [3.63, 3.8) is 0 Å². The van der Waals surface area contributed by atoms with Crippen LogP contribution < -0.4 is 5.32 Å². The average molecular weight is 184 g/mol. The van der Waals surface area contributed by atoms with Gasteiger partial charge < -0.3 is 10.4 Å². The van der Waals surface area contributed by atoms with E-state index in [-0.39, 0.29) is 11.5 Å². The van der Waals surface area contributed by atoms with Crippen LogP contribution in [0.15, 0.2) is 0 Å². The summed E-state index contributed by atoms with van der Waals surface area (Å²) in [5, 5.41) is 20.6. The molecule has 0 rings (SSSR count). The van der Waals surface area contributed by atoms with Crippen LogP contribution in [0.3, 0.4) is 0 Å². The van der Waals surface area contributed by atoms with Gasteiger partial charge in [-0.1, -0.05) is 13.8 Å². The molecule has 0 aliphatic carbocycles. The Labute approximate surface area is 80.8 Å². The molecule has 0 spiro atoms. The number of nitrogens with one attached hydrogen (secondary N) is 1. The van der Waals surface area contributed by atoms with E-state index in [0.717, 1.165) is 13.0 Å². The van der Waals surface area contributed by atoms with Crippen molar-refractivity contribution in [3.8, 4) is 6.07 Å². The van der Waals surface area contributed by atoms with Gasteiger partial charge in [0, 0.05) is 19.5 Å². The van der Waals surface area contributed by atoms with Crippen LogP contribution in [0.2, 0.25) is 0 Å². The Hall–Kier alpha value is -0.590. The Kier molecular flexibility index (Phi) is 5.68. The van der Waals surface area contributed by atoms with Crippen molar-refractivity contribution in [2.45, 2.75) is 39.7 Å². The quantitative estimate of drug-likeness (QED) is 0.654. The molecule has 0 unspecified atom stereocenters. The SMILES string of the molecule is C[C@@H](O)CNCC(C)(C)CCC#N. The van der Waals surface area contributed by atoms with Gasteiger partial charge in [0.25, 0.3) is 0 Å². The van der Waals surface area contributed by atoms with Crippen molar-refractivity contribution in [2.75, 3.05) is 13.1 Å². The molecule has 0 amide bonds. The first kappa shape index (κ1) is 12.4. The minimum absolute atomic E-state index is 0.143. The zero-order valence-electron chi connectivity index (χ0n) is 8.80. The van der Waals surface area contributed by atoms with Gasteiger partial charge in [0.05, 0.1) is 12.2 Å². The highest BCUT2D eigenvalue weighted by molar-refractivity contribution is 4.78. The predicted molar refractivity (Wildman–Crippen MR) is 53.2 cm³/mol. The van der Waals surface area contributed by atoms with E-state index in [2.05, 4.69) is 25.2 Å². The summed E-state index contributed by atoms with van der Waals surface area (Å²) in [5.74, 6) is 0. The van der Waals surface area contributed by atoms with Crippen LogP contribution in [0.5, 0.6) is 0 Å². The molecule has 0 aromatic carbocycles. The highest BCUT2D eigenvalue weighted by atomic mass is 16.3. The van der Waals surface area contributed by atoms with Crippen molar-refractivity contribution >= 4 is 0 Å². The molecular formula is C10H20N2O. The highest BCUT2D eigenvalue weighted by Crippen LogP contribution is 2.20. The molecule has 0 fully saturated rings. The van der Waals surface area contributed by atoms with E-state index in [1.165, 1.54) is 0 Å². The van der Waals surface area contributed by atoms with Crippen LogP contribution in [0, 0.1) is 16.7 Å². The second kappa shape index (κ2) is 5.95. The third kappa shape index (κ3) is 7.76. The number of hydrogen-bond acceptors (Lipinski definition) is 3. The molecule has 3 nitrogen and oxygen atoms in total. The lowest BCUT2D eigenvalue weighted by atomic mass is 9.88. The molecule has 13 heavy (non-hydrogen) atoms. The van der Waals surface area contributed by atoms with E-state index in [9.17, 15) is 0 Å². The third-order valence-electron chi connectivity index (χ3n) is 1.96. The smallest absolute Gasteiger partial charge is 0.0636 e. The molecule has 0 bridgehead atoms. The number of aliphatic hydroxyl groups excluding tert-OH is 1. The maximum atomic E-state index is 9.01. The van der Waals surface area contributed by atoms with Crippen LogP contribution in [0.1, 0.15) is 33.6 Å². The Morgan fingerprint density at radius 3 is 2.62 bits per heavy atom. The van der Waals surface area contributed by atoms with E-state index < -0.39 is 0 Å². The Morgan fingerprint density at radius 2 is 2.15 bits per heavy atom. The van der Waals surface area contributed by atoms with Gasteiger partial charge in [0.2, 0.25) is 0 Å². The van der Waals surface area contributed by atoms with E-state index in [0.29, 0.717) is 13.0 Å². The summed E-state index contributed by atoms with van der Waals surface area (Å²) < 4.78 is 0. The molecule has 0 aliphatic heterocycles. The summed E-state index contributed by atoms with van der Waals surface area (Å²) in [6, 6.07) is 2.15. The molecule has 76 valence electrons. The van der Waals surface area contributed by atoms with E-state index in [4.69, 9.17) is 10.4 Å². The van der Waals surface area contributed by atoms with E-state index in [1.807, 2.05) is 0 Å². The minimum Gasteiger partial charge on any atom is -0.392 e. The van der Waals surface area contributed by atoms with Crippen molar-refractivity contribution in [1.29, 1.82) is 5.26 Å². The van der Waals surface area contributed by atoms with Crippen molar-refractivity contribution < 1.29 is 5.11 Å². The van der Waals surface area contributed by atoms with Gasteiger partial charge >= 0.3 is 0 Å². The molecule has 0 saturated carbocycles. The van der Waals surface area contributed by atoms with Crippen molar-refractivity contribution in [3.05, 3.63) is 0 Å². The number of hydrogen-bond donors (Lipinski definition) is 2. The third-order valence-corrected chi connectivity index (χ3v) is 1.96. The lowest BCUT2D eigenvalue weighted by molar-refractivity contribution is 0.183. The lowest BCUT2D eigenvalue weighted by Gasteiger charge is -2.24. The molecular weight excluding hydrogens is 164 g/mol. The maximum absolute atomic E-state index is 9.01. The van der Waals surface area contributed by atoms with Crippen molar-refractivity contribution in [1.82, 2.24) is 5.32 Å². The summed E-state index contributed by atoms with van der Waals surface area (Å²) in [6.45, 7) is 7.48. The summed E-state index contributed by atoms with van der Waals surface area (Å²) in [4.78, 5) is 0. The van der Waals surface area contributed by atoms with Crippen LogP contribution in [-0.4, -0.2) is 24.3 Å². The molecule has 0 radical (unpaired) electrons. The first-order valence-electron chi connectivity index (χ1n) is 4.74. The van der Waals surface area contributed by atoms with Crippen LogP contribution in [-0.2, 0) is 0 Å². The number of aliphatic hydroxyl groups is 1. The maximum Gasteiger partial charge on any atom is 0.0636 e. The minimum atomic E-state index is -0.299. The molecule has 2 N–H and O–H groups in total. The molecule has 0 saturated heterocycles. The van der Waals surface area contributed by atoms with Gasteiger partial charge in [-0.05, 0) is 18.8 Å². The van der Waals surface area contributed by atoms with Gasteiger partial charge in [-0.2, -0.15) is 5.26 Å². The first-order chi connectivity index (χ1) is 5.98. The zero-order valence-corrected chi connectivity index (χ0v) is 8.80. The Balaban J connectivity index is 3.57. The Bertz CT molecular complexity index is 170. The molecule has 0 aromatic heterocycles. The number of rotatable bonds is 6. The zero-order chi connectivity index (χ0) is 10.3. The molecule has 0 aromatic rings. The fourth-order valence-corrected chi connectivity index (χ4v) is 1.10. The van der Waals surface area contributed by atoms with Crippen LogP contribution in [0.4, 0.5) is 0 Å². The van der Waals surface area contributed by atoms with E-state index >= 15 is 0 Å². The molecule has 1 atom stereocenters. The second-order valence-electron chi connectivity index (χ2n) is 4.30. The van der Waals surface area contributed by atoms with Crippen LogP contribution >= 0.6 is 0 Å². The number of nitrogens with zero attached hydrogens (tertiary/aromatic N) is 1. The normalized spacial score (nSPS) is 13.8. The van der Waals surface area contributed by atoms with Gasteiger partial charge in [0.1, 0.15) is 0 Å². The average Bonchev–Trinajstić information content (AvgIpc) is 2.00. The topological polar surface area (TPSA) is 56.0 Å². The van der Waals surface area contributed by atoms with Gasteiger partial charge in [-0.15, -0.1) is 0 Å². The molecule has 3 heteroatoms. The summed E-state index contributed by atoms with van der Waals surface area (Å²) in [6.07, 6.45) is 1.20. The fourth-order valence-electron chi connectivity index (χ4n) is 1.10. The first-order valence-corrected chi connectivity index (χ1v) is 4.74. The van der Waals surface area contributed by atoms with Gasteiger partial charge in [0.15, 0.2) is 0 Å². The summed E-state index contributed by atoms with van der Waals surface area (Å²) in [5.41, 5.74) is 0.143. The van der Waals surface area contributed by atoms with Gasteiger partial charge in [-0.25, -0.2) is 0 Å². The van der Waals surface area contributed by atoms with E-state index in [1.54, 1.807) is 6.92 Å². The Morgan fingerprint density at radius 1 is 1.54 bits per heavy atom.